The molecule has 18 heavy (non-hydrogen) atoms. The van der Waals surface area contributed by atoms with Crippen LogP contribution in [0.2, 0.25) is 0 Å². The summed E-state index contributed by atoms with van der Waals surface area (Å²) in [6.07, 6.45) is 0. The average Bonchev–Trinajstić information content (AvgIpc) is 2.78. The minimum absolute atomic E-state index is 0.392. The van der Waals surface area contributed by atoms with E-state index in [2.05, 4.69) is 4.98 Å². The molecule has 0 aliphatic rings. The van der Waals surface area contributed by atoms with Crippen LogP contribution >= 0.6 is 11.3 Å². The molecule has 1 aromatic carbocycles. The van der Waals surface area contributed by atoms with Gasteiger partial charge < -0.3 is 10.0 Å². The number of carboxylic acids is 1. The Kier molecular flexibility index (Phi) is 3.81. The maximum atomic E-state index is 10.9. The summed E-state index contributed by atoms with van der Waals surface area (Å²) in [5, 5.41) is 9.86. The van der Waals surface area contributed by atoms with Crippen LogP contribution in [0.4, 0.5) is 5.13 Å². The van der Waals surface area contributed by atoms with Crippen LogP contribution in [-0.4, -0.2) is 29.1 Å². The van der Waals surface area contributed by atoms with Gasteiger partial charge in [0.05, 0.1) is 16.1 Å². The van der Waals surface area contributed by atoms with E-state index in [-0.39, 0.29) is 0 Å². The van der Waals surface area contributed by atoms with E-state index < -0.39 is 11.9 Å². The van der Waals surface area contributed by atoms with Crippen LogP contribution in [-0.2, 0) is 4.79 Å². The van der Waals surface area contributed by atoms with E-state index in [0.717, 1.165) is 21.9 Å². The number of nitrogens with zero attached hydrogens (tertiary/aromatic N) is 2. The van der Waals surface area contributed by atoms with Gasteiger partial charge in [0.15, 0.2) is 5.13 Å². The number of aromatic nitrogens is 1. The maximum absolute atomic E-state index is 10.9. The van der Waals surface area contributed by atoms with Crippen molar-refractivity contribution < 1.29 is 9.90 Å². The molecule has 0 aliphatic heterocycles. The molecule has 0 amide bonds. The van der Waals surface area contributed by atoms with Gasteiger partial charge in [0.1, 0.15) is 0 Å². The molecule has 1 heterocycles. The number of benzene rings is 1. The van der Waals surface area contributed by atoms with Gasteiger partial charge in [0.2, 0.25) is 0 Å². The molecule has 2 aromatic rings. The molecule has 1 atom stereocenters. The summed E-state index contributed by atoms with van der Waals surface area (Å²) in [5.74, 6) is -1.16. The summed E-state index contributed by atoms with van der Waals surface area (Å²) in [6.45, 7) is 4.99. The molecule has 0 fully saturated rings. The highest BCUT2D eigenvalue weighted by atomic mass is 32.1. The van der Waals surface area contributed by atoms with Crippen LogP contribution in [0.25, 0.3) is 10.2 Å². The fourth-order valence-corrected chi connectivity index (χ4v) is 2.78. The van der Waals surface area contributed by atoms with E-state index in [1.165, 1.54) is 0 Å². The first-order valence-corrected chi connectivity index (χ1v) is 6.76. The van der Waals surface area contributed by atoms with Gasteiger partial charge >= 0.3 is 5.97 Å². The maximum Gasteiger partial charge on any atom is 0.308 e. The van der Waals surface area contributed by atoms with Crippen LogP contribution in [0.1, 0.15) is 13.8 Å². The Morgan fingerprint density at radius 1 is 1.50 bits per heavy atom. The van der Waals surface area contributed by atoms with Crippen molar-refractivity contribution in [1.29, 1.82) is 0 Å². The number of para-hydroxylation sites is 1. The molecule has 0 bridgehead atoms. The Morgan fingerprint density at radius 3 is 2.83 bits per heavy atom. The highest BCUT2D eigenvalue weighted by Crippen LogP contribution is 2.28. The minimum Gasteiger partial charge on any atom is -0.481 e. The second-order valence-corrected chi connectivity index (χ2v) is 5.25. The summed E-state index contributed by atoms with van der Waals surface area (Å²) < 4.78 is 1.13. The number of aliphatic carboxylic acids is 1. The van der Waals surface area contributed by atoms with E-state index in [1.807, 2.05) is 36.1 Å². The zero-order valence-electron chi connectivity index (χ0n) is 10.5. The normalized spacial score (nSPS) is 12.6. The monoisotopic (exact) mass is 264 g/mol. The summed E-state index contributed by atoms with van der Waals surface area (Å²) in [4.78, 5) is 17.5. The second-order valence-electron chi connectivity index (χ2n) is 4.24. The van der Waals surface area contributed by atoms with Crippen LogP contribution in [0.5, 0.6) is 0 Å². The highest BCUT2D eigenvalue weighted by molar-refractivity contribution is 7.22. The van der Waals surface area contributed by atoms with Crippen molar-refractivity contribution in [3.63, 3.8) is 0 Å². The van der Waals surface area contributed by atoms with Crippen molar-refractivity contribution in [1.82, 2.24) is 4.98 Å². The summed E-state index contributed by atoms with van der Waals surface area (Å²) >= 11 is 1.61. The third-order valence-electron chi connectivity index (χ3n) is 2.85. The van der Waals surface area contributed by atoms with Gasteiger partial charge in [-0.1, -0.05) is 30.4 Å². The molecule has 0 saturated carbocycles. The first-order valence-electron chi connectivity index (χ1n) is 5.95. The van der Waals surface area contributed by atoms with E-state index in [9.17, 15) is 4.79 Å². The Labute approximate surface area is 110 Å². The fourth-order valence-electron chi connectivity index (χ4n) is 1.75. The highest BCUT2D eigenvalue weighted by Gasteiger charge is 2.17. The number of thiazole rings is 1. The Hall–Kier alpha value is -1.62. The van der Waals surface area contributed by atoms with Gasteiger partial charge in [0.25, 0.3) is 0 Å². The van der Waals surface area contributed by atoms with Gasteiger partial charge in [0, 0.05) is 13.1 Å². The van der Waals surface area contributed by atoms with Gasteiger partial charge in [-0.25, -0.2) is 4.98 Å². The molecule has 96 valence electrons. The van der Waals surface area contributed by atoms with Crippen molar-refractivity contribution >= 4 is 32.7 Å². The molecule has 2 rings (SSSR count). The lowest BCUT2D eigenvalue weighted by Gasteiger charge is -2.21. The topological polar surface area (TPSA) is 53.4 Å². The SMILES string of the molecule is CCN(CC(C)C(=O)O)c1nc2ccccc2s1. The number of carbonyl (C=O) groups is 1. The van der Waals surface area contributed by atoms with Gasteiger partial charge in [-0.3, -0.25) is 4.79 Å². The van der Waals surface area contributed by atoms with Crippen molar-refractivity contribution in [3.05, 3.63) is 24.3 Å². The zero-order chi connectivity index (χ0) is 13.1. The van der Waals surface area contributed by atoms with E-state index in [4.69, 9.17) is 5.11 Å². The molecule has 1 unspecified atom stereocenters. The lowest BCUT2D eigenvalue weighted by molar-refractivity contribution is -0.140. The standard InChI is InChI=1S/C13H16N2O2S/c1-3-15(8-9(2)12(16)17)13-14-10-6-4-5-7-11(10)18-13/h4-7,9H,3,8H2,1-2H3,(H,16,17). The number of hydrogen-bond donors (Lipinski definition) is 1. The third-order valence-corrected chi connectivity index (χ3v) is 3.95. The summed E-state index contributed by atoms with van der Waals surface area (Å²) in [6, 6.07) is 7.96. The molecular weight excluding hydrogens is 248 g/mol. The fraction of sp³-hybridized carbons (Fsp3) is 0.385. The van der Waals surface area contributed by atoms with Gasteiger partial charge in [-0.15, -0.1) is 0 Å². The van der Waals surface area contributed by atoms with Crippen molar-refractivity contribution in [3.8, 4) is 0 Å². The second kappa shape index (κ2) is 5.35. The van der Waals surface area contributed by atoms with Crippen molar-refractivity contribution in [2.75, 3.05) is 18.0 Å². The molecule has 0 saturated heterocycles. The number of carboxylic acid groups (broad SMARTS) is 1. The van der Waals surface area contributed by atoms with Crippen LogP contribution in [0.3, 0.4) is 0 Å². The zero-order valence-corrected chi connectivity index (χ0v) is 11.3. The predicted octanol–water partition coefficient (Wildman–Crippen LogP) is 2.84. The predicted molar refractivity (Wildman–Crippen MR) is 74.3 cm³/mol. The molecule has 1 aromatic heterocycles. The molecule has 4 nitrogen and oxygen atoms in total. The van der Waals surface area contributed by atoms with Gasteiger partial charge in [-0.05, 0) is 19.1 Å². The Bertz CT molecular complexity index is 520. The lowest BCUT2D eigenvalue weighted by atomic mass is 10.2. The lowest BCUT2D eigenvalue weighted by Crippen LogP contribution is -2.31. The smallest absolute Gasteiger partial charge is 0.308 e. The molecule has 1 N–H and O–H groups in total. The van der Waals surface area contributed by atoms with E-state index in [0.29, 0.717) is 6.54 Å². The Balaban J connectivity index is 2.24. The summed E-state index contributed by atoms with van der Waals surface area (Å²) in [5.41, 5.74) is 0.971. The molecular formula is C13H16N2O2S. The van der Waals surface area contributed by atoms with E-state index in [1.54, 1.807) is 18.3 Å². The number of hydrogen-bond acceptors (Lipinski definition) is 4. The average molecular weight is 264 g/mol. The quantitative estimate of drug-likeness (QED) is 0.902. The first-order chi connectivity index (χ1) is 8.61. The van der Waals surface area contributed by atoms with Crippen molar-refractivity contribution in [2.45, 2.75) is 13.8 Å². The number of rotatable bonds is 5. The van der Waals surface area contributed by atoms with Gasteiger partial charge in [-0.2, -0.15) is 0 Å². The minimum atomic E-state index is -0.769. The Morgan fingerprint density at radius 2 is 2.22 bits per heavy atom. The van der Waals surface area contributed by atoms with Crippen molar-refractivity contribution in [2.24, 2.45) is 5.92 Å². The van der Waals surface area contributed by atoms with Crippen LogP contribution in [0, 0.1) is 5.92 Å². The summed E-state index contributed by atoms with van der Waals surface area (Å²) in [7, 11) is 0. The van der Waals surface area contributed by atoms with E-state index >= 15 is 0 Å². The third kappa shape index (κ3) is 2.61. The molecule has 5 heteroatoms. The number of anilines is 1. The molecule has 0 spiro atoms. The molecule has 0 radical (unpaired) electrons. The first kappa shape index (κ1) is 12.8. The van der Waals surface area contributed by atoms with Crippen LogP contribution < -0.4 is 4.90 Å². The largest absolute Gasteiger partial charge is 0.481 e. The molecule has 0 aliphatic carbocycles. The van der Waals surface area contributed by atoms with Crippen LogP contribution in [0.15, 0.2) is 24.3 Å². The number of fused-ring (bicyclic) bond motifs is 1.